The highest BCUT2D eigenvalue weighted by Gasteiger charge is 2.39. The number of carbonyl (C=O) groups excluding carboxylic acids is 2. The SMILES string of the molecule is CC(=O)O[C@H]1C[C@H](n2cnc3c(NC(=O)c4ccccc4)ncnc32)O[C@@H]1COP(=S)([S-])OCCC#N. The van der Waals surface area contributed by atoms with Crippen molar-refractivity contribution < 1.29 is 28.1 Å². The van der Waals surface area contributed by atoms with E-state index in [4.69, 9.17) is 47.8 Å². The number of hydrogen-bond acceptors (Lipinski definition) is 12. The lowest BCUT2D eigenvalue weighted by molar-refractivity contribution is -0.150. The first kappa shape index (κ1) is 27.1. The maximum atomic E-state index is 12.6. The Bertz CT molecular complexity index is 1370. The standard InChI is InChI=1S/C22H23N6O6PS2/c1-14(29)33-16-10-18(34-17(16)11-32-35(36,37)31-9-5-8-23)28-13-26-19-20(24-12-25-21(19)28)27-22(30)15-6-3-2-4-7-15/h2-4,6-7,12-13,16-18H,5,9-11H2,1H3,(H,36,37)(H,24,25,27,30)/p-1/t16-,17+,18+/m0/s1. The Morgan fingerprint density at radius 2 is 2.08 bits per heavy atom. The van der Waals surface area contributed by atoms with Gasteiger partial charge in [0, 0.05) is 18.9 Å². The quantitative estimate of drug-likeness (QED) is 0.168. The monoisotopic (exact) mass is 561 g/mol. The Hall–Kier alpha value is -2.92. The summed E-state index contributed by atoms with van der Waals surface area (Å²) >= 11 is 10.4. The van der Waals surface area contributed by atoms with E-state index >= 15 is 0 Å². The Balaban J connectivity index is 1.50. The van der Waals surface area contributed by atoms with Gasteiger partial charge in [0.15, 0.2) is 17.0 Å². The molecule has 0 saturated carbocycles. The second-order valence-electron chi connectivity index (χ2n) is 7.86. The predicted octanol–water partition coefficient (Wildman–Crippen LogP) is 3.02. The molecular weight excluding hydrogens is 539 g/mol. The number of nitrogens with zero attached hydrogens (tertiary/aromatic N) is 5. The second-order valence-corrected chi connectivity index (χ2v) is 12.9. The number of fused-ring (bicyclic) bond motifs is 1. The molecule has 0 radical (unpaired) electrons. The summed E-state index contributed by atoms with van der Waals surface area (Å²) in [5.41, 5.74) is -1.78. The molecule has 1 aromatic carbocycles. The van der Waals surface area contributed by atoms with Crippen LogP contribution in [-0.2, 0) is 47.4 Å². The van der Waals surface area contributed by atoms with E-state index in [2.05, 4.69) is 20.3 Å². The first-order valence-corrected chi connectivity index (χ1v) is 14.8. The number of aromatic nitrogens is 4. The molecule has 194 valence electrons. The summed E-state index contributed by atoms with van der Waals surface area (Å²) in [5, 5.41) is 11.4. The van der Waals surface area contributed by atoms with Gasteiger partial charge in [0.25, 0.3) is 5.91 Å². The number of rotatable bonds is 10. The van der Waals surface area contributed by atoms with Crippen molar-refractivity contribution in [3.05, 3.63) is 48.5 Å². The Kier molecular flexibility index (Phi) is 8.86. The van der Waals surface area contributed by atoms with Crippen LogP contribution in [0, 0.1) is 11.3 Å². The minimum Gasteiger partial charge on any atom is -0.691 e. The van der Waals surface area contributed by atoms with E-state index in [9.17, 15) is 9.59 Å². The van der Waals surface area contributed by atoms with E-state index in [1.54, 1.807) is 28.8 Å². The predicted molar refractivity (Wildman–Crippen MR) is 138 cm³/mol. The lowest BCUT2D eigenvalue weighted by Gasteiger charge is -2.30. The summed E-state index contributed by atoms with van der Waals surface area (Å²) in [6.45, 7) is 1.31. The van der Waals surface area contributed by atoms with Crippen molar-refractivity contribution in [3.63, 3.8) is 0 Å². The molecule has 0 spiro atoms. The number of anilines is 1. The fourth-order valence-corrected chi connectivity index (χ4v) is 5.22. The molecule has 1 N–H and O–H groups in total. The largest absolute Gasteiger partial charge is 0.691 e. The van der Waals surface area contributed by atoms with Crippen molar-refractivity contribution in [2.24, 2.45) is 0 Å². The minimum atomic E-state index is -3.03. The van der Waals surface area contributed by atoms with Gasteiger partial charge in [0.2, 0.25) is 0 Å². The Morgan fingerprint density at radius 1 is 1.30 bits per heavy atom. The number of esters is 1. The topological polar surface area (TPSA) is 150 Å². The van der Waals surface area contributed by atoms with E-state index in [1.165, 1.54) is 19.6 Å². The van der Waals surface area contributed by atoms with E-state index in [-0.39, 0.29) is 37.8 Å². The number of amides is 1. The van der Waals surface area contributed by atoms with Gasteiger partial charge >= 0.3 is 5.97 Å². The molecule has 4 atom stereocenters. The number of benzene rings is 1. The fraction of sp³-hybridized carbons (Fsp3) is 0.364. The van der Waals surface area contributed by atoms with Gasteiger partial charge in [0.05, 0.1) is 37.7 Å². The van der Waals surface area contributed by atoms with Crippen LogP contribution in [0.4, 0.5) is 5.82 Å². The second kappa shape index (κ2) is 12.1. The molecule has 3 aromatic rings. The zero-order valence-electron chi connectivity index (χ0n) is 19.6. The zero-order chi connectivity index (χ0) is 26.4. The molecule has 1 unspecified atom stereocenters. The Morgan fingerprint density at radius 3 is 2.81 bits per heavy atom. The van der Waals surface area contributed by atoms with Gasteiger partial charge < -0.3 is 36.1 Å². The third-order valence-corrected chi connectivity index (χ3v) is 7.52. The van der Waals surface area contributed by atoms with Crippen molar-refractivity contribution in [2.45, 2.75) is 38.2 Å². The molecule has 1 saturated heterocycles. The summed E-state index contributed by atoms with van der Waals surface area (Å²) in [7, 11) is 0. The molecule has 1 aliphatic heterocycles. The Labute approximate surface area is 222 Å². The molecule has 1 amide bonds. The van der Waals surface area contributed by atoms with Crippen LogP contribution in [0.1, 0.15) is 36.4 Å². The summed E-state index contributed by atoms with van der Waals surface area (Å²) < 4.78 is 24.2. The highest BCUT2D eigenvalue weighted by molar-refractivity contribution is 8.51. The third kappa shape index (κ3) is 6.89. The van der Waals surface area contributed by atoms with Gasteiger partial charge in [-0.05, 0) is 12.1 Å². The van der Waals surface area contributed by atoms with Crippen LogP contribution in [0.25, 0.3) is 11.2 Å². The van der Waals surface area contributed by atoms with Crippen LogP contribution in [-0.4, -0.2) is 56.8 Å². The lowest BCUT2D eigenvalue weighted by atomic mass is 10.2. The van der Waals surface area contributed by atoms with Crippen molar-refractivity contribution in [1.82, 2.24) is 19.5 Å². The van der Waals surface area contributed by atoms with Crippen molar-refractivity contribution in [1.29, 1.82) is 5.26 Å². The molecule has 2 aromatic heterocycles. The highest BCUT2D eigenvalue weighted by Crippen LogP contribution is 2.47. The summed E-state index contributed by atoms with van der Waals surface area (Å²) in [6, 6.07) is 10.7. The van der Waals surface area contributed by atoms with Crippen molar-refractivity contribution in [3.8, 4) is 6.07 Å². The first-order valence-electron chi connectivity index (χ1n) is 11.1. The van der Waals surface area contributed by atoms with Gasteiger partial charge in [0.1, 0.15) is 24.8 Å². The molecule has 12 nitrogen and oxygen atoms in total. The number of imidazole rings is 1. The van der Waals surface area contributed by atoms with Crippen LogP contribution >= 0.6 is 5.69 Å². The number of hydrogen-bond donors (Lipinski definition) is 1. The number of nitriles is 1. The van der Waals surface area contributed by atoms with Gasteiger partial charge in [-0.2, -0.15) is 5.26 Å². The van der Waals surface area contributed by atoms with E-state index in [1.807, 2.05) is 12.1 Å². The van der Waals surface area contributed by atoms with E-state index in [0.717, 1.165) is 0 Å². The van der Waals surface area contributed by atoms with Crippen LogP contribution < -0.4 is 5.32 Å². The number of ether oxygens (including phenoxy) is 2. The molecular formula is C22H22N6O6PS2-. The molecule has 0 aliphatic carbocycles. The van der Waals surface area contributed by atoms with Gasteiger partial charge in [-0.25, -0.2) is 15.0 Å². The maximum Gasteiger partial charge on any atom is 0.302 e. The van der Waals surface area contributed by atoms with Crippen LogP contribution in [0.3, 0.4) is 0 Å². The lowest BCUT2D eigenvalue weighted by Crippen LogP contribution is -2.30. The fourth-order valence-electron chi connectivity index (χ4n) is 3.69. The highest BCUT2D eigenvalue weighted by atomic mass is 32.9. The van der Waals surface area contributed by atoms with Gasteiger partial charge in [-0.3, -0.25) is 14.2 Å². The summed E-state index contributed by atoms with van der Waals surface area (Å²) in [5.74, 6) is -0.574. The normalized spacial score (nSPS) is 20.7. The van der Waals surface area contributed by atoms with Crippen LogP contribution in [0.2, 0.25) is 0 Å². The molecule has 1 aliphatic rings. The van der Waals surface area contributed by atoms with Crippen molar-refractivity contribution in [2.75, 3.05) is 18.5 Å². The maximum absolute atomic E-state index is 12.6. The third-order valence-electron chi connectivity index (χ3n) is 5.29. The van der Waals surface area contributed by atoms with Gasteiger partial charge in [-0.1, -0.05) is 30.0 Å². The summed E-state index contributed by atoms with van der Waals surface area (Å²) in [6.07, 6.45) is 1.30. The summed E-state index contributed by atoms with van der Waals surface area (Å²) in [4.78, 5) is 37.2. The minimum absolute atomic E-state index is 0.0677. The first-order chi connectivity index (χ1) is 17.8. The smallest absolute Gasteiger partial charge is 0.302 e. The molecule has 37 heavy (non-hydrogen) atoms. The van der Waals surface area contributed by atoms with Crippen LogP contribution in [0.5, 0.6) is 0 Å². The average Bonchev–Trinajstić information content (AvgIpc) is 3.47. The zero-order valence-corrected chi connectivity index (χ0v) is 22.1. The number of nitrogens with one attached hydrogen (secondary N) is 1. The molecule has 0 bridgehead atoms. The molecule has 15 heteroatoms. The number of carbonyl (C=O) groups is 2. The van der Waals surface area contributed by atoms with E-state index in [0.29, 0.717) is 16.7 Å². The molecule has 1 fully saturated rings. The molecule has 3 heterocycles. The average molecular weight is 562 g/mol. The van der Waals surface area contributed by atoms with E-state index < -0.39 is 30.1 Å². The molecule has 4 rings (SSSR count). The van der Waals surface area contributed by atoms with Crippen molar-refractivity contribution >= 4 is 58.6 Å². The van der Waals surface area contributed by atoms with Gasteiger partial charge in [-0.15, -0.1) is 0 Å². The van der Waals surface area contributed by atoms with Crippen LogP contribution in [0.15, 0.2) is 43.0 Å².